The molecule has 2 amide bonds. The molecular weight excluding hydrogens is 514 g/mol. The van der Waals surface area contributed by atoms with Crippen molar-refractivity contribution in [2.45, 2.75) is 31.4 Å². The van der Waals surface area contributed by atoms with Crippen LogP contribution in [-0.2, 0) is 0 Å². The third-order valence-corrected chi connectivity index (χ3v) is 6.61. The van der Waals surface area contributed by atoms with Gasteiger partial charge in [-0.25, -0.2) is 18.7 Å². The molecule has 2 fully saturated rings. The number of benzene rings is 1. The molecule has 2 aromatic heterocycles. The van der Waals surface area contributed by atoms with Gasteiger partial charge in [-0.1, -0.05) is 0 Å². The van der Waals surface area contributed by atoms with Crippen molar-refractivity contribution < 1.29 is 14.3 Å². The Bertz CT molecular complexity index is 1140. The molecule has 1 unspecified atom stereocenters. The number of aromatic nitrogens is 3. The third kappa shape index (κ3) is 3.93. The van der Waals surface area contributed by atoms with Gasteiger partial charge in [0.1, 0.15) is 17.3 Å². The second-order valence-electron chi connectivity index (χ2n) is 7.99. The molecule has 31 heavy (non-hydrogen) atoms. The summed E-state index contributed by atoms with van der Waals surface area (Å²) in [6.45, 7) is 1.79. The first-order valence-corrected chi connectivity index (χ1v) is 11.4. The van der Waals surface area contributed by atoms with Crippen LogP contribution in [0, 0.1) is 9.39 Å². The van der Waals surface area contributed by atoms with E-state index in [1.165, 1.54) is 6.07 Å². The highest BCUT2D eigenvalue weighted by molar-refractivity contribution is 14.1. The number of carbonyl (C=O) groups is 1. The first kappa shape index (κ1) is 20.4. The molecule has 2 aliphatic rings. The van der Waals surface area contributed by atoms with E-state index in [4.69, 9.17) is 10.1 Å². The van der Waals surface area contributed by atoms with E-state index < -0.39 is 0 Å². The minimum absolute atomic E-state index is 0.0794. The van der Waals surface area contributed by atoms with E-state index in [1.54, 1.807) is 21.7 Å². The van der Waals surface area contributed by atoms with Gasteiger partial charge in [-0.3, -0.25) is 0 Å². The zero-order valence-electron chi connectivity index (χ0n) is 16.8. The average molecular weight is 537 g/mol. The van der Waals surface area contributed by atoms with Crippen LogP contribution in [0.15, 0.2) is 36.7 Å². The van der Waals surface area contributed by atoms with E-state index in [2.05, 4.69) is 37.9 Å². The van der Waals surface area contributed by atoms with Crippen molar-refractivity contribution in [1.29, 1.82) is 0 Å². The maximum absolute atomic E-state index is 14.6. The van der Waals surface area contributed by atoms with Crippen LogP contribution in [0.25, 0.3) is 5.65 Å². The number of urea groups is 1. The van der Waals surface area contributed by atoms with Crippen molar-refractivity contribution in [2.24, 2.45) is 0 Å². The van der Waals surface area contributed by atoms with E-state index in [-0.39, 0.29) is 24.0 Å². The van der Waals surface area contributed by atoms with Gasteiger partial charge in [0.05, 0.1) is 18.8 Å². The predicted octanol–water partition coefficient (Wildman–Crippen LogP) is 3.15. The number of carbonyl (C=O) groups excluding carboxylic acids is 1. The van der Waals surface area contributed by atoms with Gasteiger partial charge in [0, 0.05) is 34.8 Å². The third-order valence-electron chi connectivity index (χ3n) is 5.94. The topological polar surface area (TPSA) is 88.7 Å². The molecule has 2 aliphatic heterocycles. The Hall–Kier alpha value is -2.47. The summed E-state index contributed by atoms with van der Waals surface area (Å²) in [4.78, 5) is 21.1. The lowest BCUT2D eigenvalue weighted by Gasteiger charge is -2.26. The zero-order chi connectivity index (χ0) is 21.5. The molecule has 2 saturated heterocycles. The highest BCUT2D eigenvalue weighted by Crippen LogP contribution is 2.37. The highest BCUT2D eigenvalue weighted by Gasteiger charge is 2.31. The predicted molar refractivity (Wildman–Crippen MR) is 124 cm³/mol. The summed E-state index contributed by atoms with van der Waals surface area (Å²) >= 11 is 2.21. The molecule has 5 rings (SSSR count). The summed E-state index contributed by atoms with van der Waals surface area (Å²) in [6, 6.07) is 6.75. The molecule has 10 heteroatoms. The SMILES string of the molecule is O=C(Nc1cnn2ccc(N3CCCC3c3cc(I)ccc3F)nc12)N1CC[C@H]([OH2+])C1. The molecule has 3 N–H and O–H groups in total. The number of amides is 2. The highest BCUT2D eigenvalue weighted by atomic mass is 127. The number of fused-ring (bicyclic) bond motifs is 1. The lowest BCUT2D eigenvalue weighted by atomic mass is 10.0. The molecule has 0 radical (unpaired) electrons. The molecule has 2 atom stereocenters. The first-order chi connectivity index (χ1) is 15.0. The number of hydrogen-bond donors (Lipinski definition) is 1. The molecule has 3 aromatic rings. The van der Waals surface area contributed by atoms with Gasteiger partial charge in [-0.15, -0.1) is 0 Å². The second-order valence-corrected chi connectivity index (χ2v) is 9.24. The van der Waals surface area contributed by atoms with Gasteiger partial charge in [0.15, 0.2) is 11.8 Å². The molecular formula is C21H23FIN6O2+. The maximum atomic E-state index is 14.6. The molecule has 0 spiro atoms. The van der Waals surface area contributed by atoms with Gasteiger partial charge in [0.25, 0.3) is 0 Å². The van der Waals surface area contributed by atoms with Crippen molar-refractivity contribution in [2.75, 3.05) is 29.9 Å². The van der Waals surface area contributed by atoms with Gasteiger partial charge in [0.2, 0.25) is 0 Å². The lowest BCUT2D eigenvalue weighted by Crippen LogP contribution is -2.33. The van der Waals surface area contributed by atoms with Crippen LogP contribution in [0.3, 0.4) is 0 Å². The fourth-order valence-electron chi connectivity index (χ4n) is 4.38. The van der Waals surface area contributed by atoms with Crippen molar-refractivity contribution >= 4 is 45.8 Å². The lowest BCUT2D eigenvalue weighted by molar-refractivity contribution is 0.176. The summed E-state index contributed by atoms with van der Waals surface area (Å²) in [7, 11) is 0. The number of rotatable bonds is 3. The van der Waals surface area contributed by atoms with Gasteiger partial charge in [-0.2, -0.15) is 5.10 Å². The van der Waals surface area contributed by atoms with Crippen LogP contribution in [-0.4, -0.2) is 56.4 Å². The second kappa shape index (κ2) is 8.23. The Morgan fingerprint density at radius 2 is 2.13 bits per heavy atom. The summed E-state index contributed by atoms with van der Waals surface area (Å²) < 4.78 is 17.2. The standard InChI is InChI=1S/C21H22FIN6O2/c22-16-4-3-13(23)10-15(16)18-2-1-7-28(18)19-6-9-29-20(26-19)17(11-24-29)25-21(31)27-8-5-14(30)12-27/h3-4,6,9-11,14,18,30H,1-2,5,7-8,12H2,(H,25,31)/p+1/t14-,18?/m0/s1. The fourth-order valence-corrected chi connectivity index (χ4v) is 4.90. The Balaban J connectivity index is 1.43. The van der Waals surface area contributed by atoms with E-state index in [9.17, 15) is 9.18 Å². The minimum Gasteiger partial charge on any atom is -0.442 e. The Morgan fingerprint density at radius 3 is 2.94 bits per heavy atom. The van der Waals surface area contributed by atoms with Crippen LogP contribution in [0.4, 0.5) is 20.7 Å². The Morgan fingerprint density at radius 1 is 1.26 bits per heavy atom. The number of anilines is 2. The van der Waals surface area contributed by atoms with E-state index >= 15 is 0 Å². The number of nitrogens with one attached hydrogen (secondary N) is 1. The maximum Gasteiger partial charge on any atom is 0.322 e. The summed E-state index contributed by atoms with van der Waals surface area (Å²) in [5, 5.41) is 15.0. The number of nitrogens with zero attached hydrogens (tertiary/aromatic N) is 5. The molecule has 8 nitrogen and oxygen atoms in total. The smallest absolute Gasteiger partial charge is 0.322 e. The van der Waals surface area contributed by atoms with E-state index in [0.717, 1.165) is 28.8 Å². The normalized spacial score (nSPS) is 21.3. The summed E-state index contributed by atoms with van der Waals surface area (Å²) in [5.41, 5.74) is 1.75. The quantitative estimate of drug-likeness (QED) is 0.411. The van der Waals surface area contributed by atoms with Gasteiger partial charge < -0.3 is 20.2 Å². The van der Waals surface area contributed by atoms with Crippen molar-refractivity contribution in [3.8, 4) is 0 Å². The van der Waals surface area contributed by atoms with Crippen molar-refractivity contribution in [1.82, 2.24) is 19.5 Å². The Labute approximate surface area is 192 Å². The van der Waals surface area contributed by atoms with Crippen molar-refractivity contribution in [3.63, 3.8) is 0 Å². The number of hydrogen-bond acceptors (Lipinski definition) is 4. The van der Waals surface area contributed by atoms with Crippen LogP contribution in [0.1, 0.15) is 30.9 Å². The fraction of sp³-hybridized carbons (Fsp3) is 0.381. The van der Waals surface area contributed by atoms with Crippen molar-refractivity contribution in [3.05, 3.63) is 51.6 Å². The van der Waals surface area contributed by atoms with E-state index in [1.807, 2.05) is 18.3 Å². The van der Waals surface area contributed by atoms with Gasteiger partial charge in [-0.05, 0) is 59.7 Å². The van der Waals surface area contributed by atoms with Crippen LogP contribution in [0.2, 0.25) is 0 Å². The minimum atomic E-state index is -0.239. The molecule has 0 aliphatic carbocycles. The Kier molecular flexibility index (Phi) is 5.42. The van der Waals surface area contributed by atoms with Crippen LogP contribution >= 0.6 is 22.6 Å². The molecule has 1 aromatic carbocycles. The average Bonchev–Trinajstić information content (AvgIpc) is 3.49. The molecule has 162 valence electrons. The van der Waals surface area contributed by atoms with Crippen LogP contribution in [0.5, 0.6) is 0 Å². The largest absolute Gasteiger partial charge is 0.442 e. The summed E-state index contributed by atoms with van der Waals surface area (Å²) in [6.07, 6.45) is 5.66. The summed E-state index contributed by atoms with van der Waals surface area (Å²) in [5.74, 6) is 0.533. The van der Waals surface area contributed by atoms with Gasteiger partial charge >= 0.3 is 6.03 Å². The molecule has 0 saturated carbocycles. The molecule has 4 heterocycles. The monoisotopic (exact) mass is 537 g/mol. The van der Waals surface area contributed by atoms with Crippen LogP contribution < -0.4 is 10.2 Å². The number of halogens is 2. The zero-order valence-corrected chi connectivity index (χ0v) is 18.9. The van der Waals surface area contributed by atoms with E-state index in [0.29, 0.717) is 36.4 Å². The molecule has 0 bridgehead atoms. The number of likely N-dealkylation sites (tertiary alicyclic amines) is 1. The first-order valence-electron chi connectivity index (χ1n) is 10.3.